The number of alkyl halides is 5. The van der Waals surface area contributed by atoms with Crippen LogP contribution in [0.15, 0.2) is 12.1 Å². The first-order valence-electron chi connectivity index (χ1n) is 10.2. The van der Waals surface area contributed by atoms with Gasteiger partial charge in [0, 0.05) is 18.7 Å². The number of nitrogens with zero attached hydrogens (tertiary/aromatic N) is 3. The number of amides is 1. The number of ether oxygens (including phenoxy) is 2. The molecule has 1 fully saturated rings. The number of rotatable bonds is 8. The maximum absolute atomic E-state index is 12.8. The molecule has 9 nitrogen and oxygen atoms in total. The van der Waals surface area contributed by atoms with Crippen LogP contribution in [-0.2, 0) is 21.6 Å². The van der Waals surface area contributed by atoms with Crippen LogP contribution in [0.3, 0.4) is 0 Å². The van der Waals surface area contributed by atoms with E-state index in [0.717, 1.165) is 0 Å². The second kappa shape index (κ2) is 9.60. The molecular weight excluding hydrogens is 491 g/mol. The van der Waals surface area contributed by atoms with Crippen LogP contribution in [0, 0.1) is 0 Å². The lowest BCUT2D eigenvalue weighted by Gasteiger charge is -2.34. The predicted octanol–water partition coefficient (Wildman–Crippen LogP) is 2.60. The summed E-state index contributed by atoms with van der Waals surface area (Å²) in [5.74, 6) is -0.833. The average molecular weight is 514 g/mol. The quantitative estimate of drug-likeness (QED) is 0.539. The number of imidazole rings is 1. The van der Waals surface area contributed by atoms with E-state index in [9.17, 15) is 35.2 Å². The van der Waals surface area contributed by atoms with Gasteiger partial charge in [-0.2, -0.15) is 26.9 Å². The smallest absolute Gasteiger partial charge is 0.391 e. The van der Waals surface area contributed by atoms with Crippen molar-refractivity contribution in [1.29, 1.82) is 0 Å². The maximum atomic E-state index is 12.8. The van der Waals surface area contributed by atoms with Gasteiger partial charge in [0.15, 0.2) is 5.65 Å². The number of hydrogen-bond donors (Lipinski definition) is 1. The Bertz CT molecular complexity index is 1140. The molecule has 0 saturated carbocycles. The number of fused-ring (bicyclic) bond motifs is 1. The van der Waals surface area contributed by atoms with E-state index in [1.165, 1.54) is 23.7 Å². The summed E-state index contributed by atoms with van der Waals surface area (Å²) < 4.78 is 96.4. The number of aromatic nitrogens is 3. The topological polar surface area (TPSA) is 112 Å². The number of nitrogens with one attached hydrogen (secondary N) is 1. The molecule has 34 heavy (non-hydrogen) atoms. The summed E-state index contributed by atoms with van der Waals surface area (Å²) in [5.41, 5.74) is -0.284. The summed E-state index contributed by atoms with van der Waals surface area (Å²) in [4.78, 5) is 21.1. The van der Waals surface area contributed by atoms with Crippen LogP contribution in [0.4, 0.5) is 22.0 Å². The lowest BCUT2D eigenvalue weighted by Crippen LogP contribution is -2.51. The molecule has 1 N–H and O–H groups in total. The molecule has 0 spiro atoms. The van der Waals surface area contributed by atoms with Gasteiger partial charge in [-0.25, -0.2) is 13.4 Å². The highest BCUT2D eigenvalue weighted by atomic mass is 32.2. The Morgan fingerprint density at radius 2 is 1.88 bits per heavy atom. The maximum Gasteiger partial charge on any atom is 0.391 e. The normalized spacial score (nSPS) is 18.7. The average Bonchev–Trinajstić information content (AvgIpc) is 3.04. The van der Waals surface area contributed by atoms with E-state index in [-0.39, 0.29) is 47.2 Å². The molecule has 0 radical (unpaired) electrons. The lowest BCUT2D eigenvalue weighted by atomic mass is 9.95. The van der Waals surface area contributed by atoms with Crippen LogP contribution < -0.4 is 10.1 Å². The fraction of sp³-hybridized carbons (Fsp3) is 0.632. The van der Waals surface area contributed by atoms with Gasteiger partial charge in [-0.1, -0.05) is 0 Å². The molecule has 2 aromatic rings. The zero-order valence-corrected chi connectivity index (χ0v) is 19.0. The van der Waals surface area contributed by atoms with Crippen molar-refractivity contribution in [2.24, 2.45) is 7.05 Å². The van der Waals surface area contributed by atoms with Crippen molar-refractivity contribution in [1.82, 2.24) is 19.9 Å². The van der Waals surface area contributed by atoms with Crippen molar-refractivity contribution in [3.05, 3.63) is 18.0 Å². The summed E-state index contributed by atoms with van der Waals surface area (Å²) in [6, 6.07) is 2.69. The Balaban J connectivity index is 1.73. The fourth-order valence-corrected chi connectivity index (χ4v) is 5.23. The summed E-state index contributed by atoms with van der Waals surface area (Å²) >= 11 is 0. The number of carbonyl (C=O) groups excluding carboxylic acids is 1. The summed E-state index contributed by atoms with van der Waals surface area (Å²) in [7, 11) is -1.64. The second-order valence-corrected chi connectivity index (χ2v) is 10.6. The highest BCUT2D eigenvalue weighted by Gasteiger charge is 2.36. The largest absolute Gasteiger partial charge is 0.475 e. The number of pyridine rings is 1. The van der Waals surface area contributed by atoms with Gasteiger partial charge in [-0.05, 0) is 25.8 Å². The highest BCUT2D eigenvalue weighted by molar-refractivity contribution is 7.91. The molecule has 0 aromatic carbocycles. The highest BCUT2D eigenvalue weighted by Crippen LogP contribution is 2.26. The monoisotopic (exact) mass is 514 g/mol. The Morgan fingerprint density at radius 3 is 2.47 bits per heavy atom. The predicted molar refractivity (Wildman–Crippen MR) is 109 cm³/mol. The van der Waals surface area contributed by atoms with Gasteiger partial charge < -0.3 is 19.4 Å². The van der Waals surface area contributed by atoms with Gasteiger partial charge in [-0.3, -0.25) is 4.79 Å². The van der Waals surface area contributed by atoms with Crippen molar-refractivity contribution in [3.8, 4) is 5.88 Å². The van der Waals surface area contributed by atoms with Gasteiger partial charge in [0.2, 0.25) is 11.7 Å². The fourth-order valence-electron chi connectivity index (χ4n) is 3.50. The van der Waals surface area contributed by atoms with Gasteiger partial charge in [0.1, 0.15) is 28.1 Å². The second-order valence-electron chi connectivity index (χ2n) is 8.30. The third kappa shape index (κ3) is 6.74. The minimum Gasteiger partial charge on any atom is -0.475 e. The lowest BCUT2D eigenvalue weighted by molar-refractivity contribution is -0.213. The SMILES string of the molecule is Cn1c(C(=O)NC2(C)CCS(=O)(=O)CC2)nc2ccc(OC[C@@H](CC(F)(F)F)OC(F)F)nc21. The van der Waals surface area contributed by atoms with Gasteiger partial charge >= 0.3 is 12.8 Å². The molecule has 190 valence electrons. The summed E-state index contributed by atoms with van der Waals surface area (Å²) in [6.45, 7) is -2.49. The van der Waals surface area contributed by atoms with Crippen LogP contribution >= 0.6 is 0 Å². The van der Waals surface area contributed by atoms with Crippen LogP contribution in [0.25, 0.3) is 11.2 Å². The Kier molecular flexibility index (Phi) is 7.36. The van der Waals surface area contributed by atoms with Crippen molar-refractivity contribution in [2.45, 2.75) is 50.6 Å². The number of hydrogen-bond acceptors (Lipinski definition) is 7. The zero-order chi connectivity index (χ0) is 25.3. The van der Waals surface area contributed by atoms with E-state index in [4.69, 9.17) is 4.74 Å². The van der Waals surface area contributed by atoms with Gasteiger partial charge in [0.25, 0.3) is 5.91 Å². The first kappa shape index (κ1) is 26.1. The molecule has 1 amide bonds. The van der Waals surface area contributed by atoms with Crippen molar-refractivity contribution < 1.29 is 44.6 Å². The van der Waals surface area contributed by atoms with E-state index in [1.54, 1.807) is 6.92 Å². The van der Waals surface area contributed by atoms with Crippen LogP contribution in [0.5, 0.6) is 5.88 Å². The number of carbonyl (C=O) groups is 1. The standard InChI is InChI=1S/C19H23F5N4O5S/c1-18(5-7-34(30,31)8-6-18)27-16(29)15-25-12-3-4-13(26-14(12)28(15)2)32-10-11(33-17(20)21)9-19(22,23)24/h3-4,11,17H,5-10H2,1-2H3,(H,27,29)/t11-/m1/s1. The van der Waals surface area contributed by atoms with Gasteiger partial charge in [0.05, 0.1) is 17.9 Å². The van der Waals surface area contributed by atoms with E-state index >= 15 is 0 Å². The van der Waals surface area contributed by atoms with Crippen molar-refractivity contribution >= 4 is 26.9 Å². The van der Waals surface area contributed by atoms with E-state index in [1.807, 2.05) is 0 Å². The molecule has 0 aliphatic carbocycles. The van der Waals surface area contributed by atoms with Gasteiger partial charge in [-0.15, -0.1) is 0 Å². The molecule has 3 rings (SSSR count). The van der Waals surface area contributed by atoms with Crippen LogP contribution in [-0.4, -0.2) is 71.4 Å². The third-order valence-electron chi connectivity index (χ3n) is 5.41. The molecule has 1 atom stereocenters. The molecule has 3 heterocycles. The van der Waals surface area contributed by atoms with E-state index < -0.39 is 53.2 Å². The first-order valence-corrected chi connectivity index (χ1v) is 12.0. The van der Waals surface area contributed by atoms with Crippen LogP contribution in [0.2, 0.25) is 0 Å². The third-order valence-corrected chi connectivity index (χ3v) is 7.06. The molecule has 15 heteroatoms. The number of halogens is 5. The first-order chi connectivity index (χ1) is 15.7. The molecule has 0 unspecified atom stereocenters. The van der Waals surface area contributed by atoms with Crippen LogP contribution in [0.1, 0.15) is 36.8 Å². The molecule has 1 saturated heterocycles. The van der Waals surface area contributed by atoms with Crippen molar-refractivity contribution in [3.63, 3.8) is 0 Å². The number of sulfone groups is 1. The zero-order valence-electron chi connectivity index (χ0n) is 18.2. The number of aryl methyl sites for hydroxylation is 1. The Labute approximate surface area is 191 Å². The van der Waals surface area contributed by atoms with E-state index in [2.05, 4.69) is 20.0 Å². The molecule has 1 aliphatic heterocycles. The molecule has 1 aliphatic rings. The molecular formula is C19H23F5N4O5S. The minimum absolute atomic E-state index is 0.0229. The summed E-state index contributed by atoms with van der Waals surface area (Å²) in [6.07, 6.45) is -7.80. The Morgan fingerprint density at radius 1 is 1.24 bits per heavy atom. The van der Waals surface area contributed by atoms with E-state index in [0.29, 0.717) is 0 Å². The van der Waals surface area contributed by atoms with Crippen molar-refractivity contribution in [2.75, 3.05) is 18.1 Å². The summed E-state index contributed by atoms with van der Waals surface area (Å²) in [5, 5.41) is 2.81. The molecule has 2 aromatic heterocycles. The minimum atomic E-state index is -4.73. The Hall–Kier alpha value is -2.55. The molecule has 0 bridgehead atoms.